The van der Waals surface area contributed by atoms with Gasteiger partial charge in [0.1, 0.15) is 16.3 Å². The number of ether oxygens (including phenoxy) is 2. The van der Waals surface area contributed by atoms with Crippen molar-refractivity contribution in [3.8, 4) is 5.75 Å². The van der Waals surface area contributed by atoms with Gasteiger partial charge in [-0.1, -0.05) is 6.07 Å². The number of phenolic OH excluding ortho intramolecular Hbond substituents is 1. The fourth-order valence-corrected chi connectivity index (χ4v) is 3.31. The molecule has 2 rings (SSSR count). The molecule has 1 aromatic heterocycles. The van der Waals surface area contributed by atoms with Gasteiger partial charge in [-0.25, -0.2) is 9.59 Å². The Morgan fingerprint density at radius 3 is 2.46 bits per heavy atom. The van der Waals surface area contributed by atoms with Crippen LogP contribution in [0.5, 0.6) is 5.75 Å². The van der Waals surface area contributed by atoms with Crippen LogP contribution < -0.4 is 5.32 Å². The van der Waals surface area contributed by atoms with Crippen LogP contribution in [0.25, 0.3) is 0 Å². The lowest BCUT2D eigenvalue weighted by Gasteiger charge is -2.08. The van der Waals surface area contributed by atoms with E-state index in [0.29, 0.717) is 5.00 Å². The third-order valence-electron chi connectivity index (χ3n) is 3.74. The topological polar surface area (TPSA) is 102 Å². The summed E-state index contributed by atoms with van der Waals surface area (Å²) in [6.07, 6.45) is 0. The van der Waals surface area contributed by atoms with Gasteiger partial charge >= 0.3 is 11.9 Å². The van der Waals surface area contributed by atoms with Gasteiger partial charge in [0, 0.05) is 4.88 Å². The summed E-state index contributed by atoms with van der Waals surface area (Å²) in [5, 5.41) is 12.7. The van der Waals surface area contributed by atoms with Crippen molar-refractivity contribution in [2.75, 3.05) is 19.0 Å². The number of esters is 2. The lowest BCUT2D eigenvalue weighted by atomic mass is 10.1. The zero-order chi connectivity index (χ0) is 19.4. The van der Waals surface area contributed by atoms with Crippen molar-refractivity contribution in [3.63, 3.8) is 0 Å². The SMILES string of the molecule is COC(=O)c1c(NC(=O)COC(=O)c2ccc(C)cc2O)sc(C)c1C. The van der Waals surface area contributed by atoms with E-state index < -0.39 is 24.5 Å². The van der Waals surface area contributed by atoms with Crippen LogP contribution in [0.3, 0.4) is 0 Å². The van der Waals surface area contributed by atoms with Gasteiger partial charge in [-0.15, -0.1) is 11.3 Å². The fraction of sp³-hybridized carbons (Fsp3) is 0.278. The first-order valence-electron chi connectivity index (χ1n) is 7.69. The molecule has 1 heterocycles. The first-order chi connectivity index (χ1) is 12.2. The van der Waals surface area contributed by atoms with Crippen molar-refractivity contribution in [1.29, 1.82) is 0 Å². The van der Waals surface area contributed by atoms with Crippen molar-refractivity contribution < 1.29 is 29.0 Å². The van der Waals surface area contributed by atoms with E-state index in [1.54, 1.807) is 19.9 Å². The fourth-order valence-electron chi connectivity index (χ4n) is 2.25. The van der Waals surface area contributed by atoms with Crippen molar-refractivity contribution in [3.05, 3.63) is 45.3 Å². The molecule has 1 aromatic carbocycles. The Hall–Kier alpha value is -2.87. The average Bonchev–Trinajstić information content (AvgIpc) is 2.86. The first kappa shape index (κ1) is 19.5. The van der Waals surface area contributed by atoms with E-state index in [9.17, 15) is 19.5 Å². The summed E-state index contributed by atoms with van der Waals surface area (Å²) >= 11 is 1.23. The Labute approximate surface area is 154 Å². The number of nitrogens with one attached hydrogen (secondary N) is 1. The maximum Gasteiger partial charge on any atom is 0.342 e. The van der Waals surface area contributed by atoms with Crippen molar-refractivity contribution in [1.82, 2.24) is 0 Å². The predicted molar refractivity (Wildman–Crippen MR) is 96.9 cm³/mol. The Morgan fingerprint density at radius 2 is 1.85 bits per heavy atom. The molecule has 0 aliphatic heterocycles. The summed E-state index contributed by atoms with van der Waals surface area (Å²) in [6, 6.07) is 4.50. The van der Waals surface area contributed by atoms with Gasteiger partial charge < -0.3 is 19.9 Å². The molecule has 0 aliphatic carbocycles. The van der Waals surface area contributed by atoms with Gasteiger partial charge in [-0.05, 0) is 44.0 Å². The number of phenols is 1. The molecule has 0 spiro atoms. The Bertz CT molecular complexity index is 871. The van der Waals surface area contributed by atoms with Gasteiger partial charge in [-0.2, -0.15) is 0 Å². The monoisotopic (exact) mass is 377 g/mol. The van der Waals surface area contributed by atoms with Crippen molar-refractivity contribution in [2.45, 2.75) is 20.8 Å². The first-order valence-corrected chi connectivity index (χ1v) is 8.51. The van der Waals surface area contributed by atoms with Gasteiger partial charge in [0.05, 0.1) is 12.7 Å². The number of aryl methyl sites for hydroxylation is 2. The largest absolute Gasteiger partial charge is 0.507 e. The number of amides is 1. The van der Waals surface area contributed by atoms with E-state index in [1.807, 2.05) is 6.92 Å². The number of rotatable bonds is 5. The van der Waals surface area contributed by atoms with E-state index in [2.05, 4.69) is 5.32 Å². The smallest absolute Gasteiger partial charge is 0.342 e. The molecular weight excluding hydrogens is 358 g/mol. The number of benzene rings is 1. The summed E-state index contributed by atoms with van der Waals surface area (Å²) in [4.78, 5) is 36.8. The number of aromatic hydroxyl groups is 1. The van der Waals surface area contributed by atoms with Crippen LogP contribution in [-0.4, -0.2) is 36.7 Å². The number of thiophene rings is 1. The van der Waals surface area contributed by atoms with Crippen LogP contribution in [0.15, 0.2) is 18.2 Å². The molecule has 8 heteroatoms. The molecule has 0 radical (unpaired) electrons. The van der Waals surface area contributed by atoms with Crippen LogP contribution in [0.1, 0.15) is 36.7 Å². The highest BCUT2D eigenvalue weighted by molar-refractivity contribution is 7.16. The Morgan fingerprint density at radius 1 is 1.15 bits per heavy atom. The molecule has 2 aromatic rings. The van der Waals surface area contributed by atoms with Crippen LogP contribution in [0.2, 0.25) is 0 Å². The lowest BCUT2D eigenvalue weighted by Crippen LogP contribution is -2.21. The minimum Gasteiger partial charge on any atom is -0.507 e. The summed E-state index contributed by atoms with van der Waals surface area (Å²) < 4.78 is 9.66. The maximum atomic E-state index is 12.1. The van der Waals surface area contributed by atoms with Crippen LogP contribution in [0, 0.1) is 20.8 Å². The number of carbonyl (C=O) groups excluding carboxylic acids is 3. The van der Waals surface area contributed by atoms with E-state index in [4.69, 9.17) is 9.47 Å². The van der Waals surface area contributed by atoms with Crippen molar-refractivity contribution in [2.24, 2.45) is 0 Å². The standard InChI is InChI=1S/C18H19NO6S/c1-9-5-6-12(13(20)7-9)17(22)25-8-14(21)19-16-15(18(23)24-4)10(2)11(3)26-16/h5-7,20H,8H2,1-4H3,(H,19,21). The third kappa shape index (κ3) is 4.20. The minimum absolute atomic E-state index is 0.0264. The van der Waals surface area contributed by atoms with E-state index in [1.165, 1.54) is 30.6 Å². The zero-order valence-corrected chi connectivity index (χ0v) is 15.7. The van der Waals surface area contributed by atoms with Crippen LogP contribution in [-0.2, 0) is 14.3 Å². The molecule has 0 aliphatic rings. The van der Waals surface area contributed by atoms with E-state index in [0.717, 1.165) is 16.0 Å². The van der Waals surface area contributed by atoms with Crippen LogP contribution in [0.4, 0.5) is 5.00 Å². The minimum atomic E-state index is -0.815. The summed E-state index contributed by atoms with van der Waals surface area (Å²) in [5.74, 6) is -2.18. The normalized spacial score (nSPS) is 10.3. The van der Waals surface area contributed by atoms with Crippen molar-refractivity contribution >= 4 is 34.2 Å². The second-order valence-electron chi connectivity index (χ2n) is 5.62. The molecule has 0 unspecified atom stereocenters. The second-order valence-corrected chi connectivity index (χ2v) is 6.85. The molecule has 1 amide bonds. The Balaban J connectivity index is 2.05. The molecule has 26 heavy (non-hydrogen) atoms. The third-order valence-corrected chi connectivity index (χ3v) is 4.86. The van der Waals surface area contributed by atoms with Gasteiger partial charge in [0.25, 0.3) is 5.91 Å². The van der Waals surface area contributed by atoms with Gasteiger partial charge in [0.15, 0.2) is 6.61 Å². The molecule has 7 nitrogen and oxygen atoms in total. The molecule has 0 saturated heterocycles. The molecule has 2 N–H and O–H groups in total. The lowest BCUT2D eigenvalue weighted by molar-refractivity contribution is -0.119. The molecule has 0 saturated carbocycles. The number of anilines is 1. The predicted octanol–water partition coefficient (Wildman–Crippen LogP) is 2.96. The molecule has 138 valence electrons. The summed E-state index contributed by atoms with van der Waals surface area (Å²) in [6.45, 7) is 4.80. The van der Waals surface area contributed by atoms with Gasteiger partial charge in [0.2, 0.25) is 0 Å². The second kappa shape index (κ2) is 8.01. The van der Waals surface area contributed by atoms with Gasteiger partial charge in [-0.3, -0.25) is 4.79 Å². The number of methoxy groups -OCH3 is 1. The molecule has 0 fully saturated rings. The number of carbonyl (C=O) groups is 3. The molecule has 0 bridgehead atoms. The maximum absolute atomic E-state index is 12.1. The zero-order valence-electron chi connectivity index (χ0n) is 14.8. The molecular formula is C18H19NO6S. The summed E-state index contributed by atoms with van der Waals surface area (Å²) in [5.41, 5.74) is 1.77. The highest BCUT2D eigenvalue weighted by atomic mass is 32.1. The van der Waals surface area contributed by atoms with E-state index in [-0.39, 0.29) is 16.9 Å². The Kier molecular flexibility index (Phi) is 5.99. The highest BCUT2D eigenvalue weighted by Crippen LogP contribution is 2.32. The summed E-state index contributed by atoms with van der Waals surface area (Å²) in [7, 11) is 1.26. The highest BCUT2D eigenvalue weighted by Gasteiger charge is 2.22. The number of hydrogen-bond acceptors (Lipinski definition) is 7. The average molecular weight is 377 g/mol. The molecule has 0 atom stereocenters. The number of hydrogen-bond donors (Lipinski definition) is 2. The van der Waals surface area contributed by atoms with Crippen LogP contribution >= 0.6 is 11.3 Å². The quantitative estimate of drug-likeness (QED) is 0.777. The van der Waals surface area contributed by atoms with E-state index >= 15 is 0 Å².